The van der Waals surface area contributed by atoms with Gasteiger partial charge in [-0.15, -0.1) is 0 Å². The Morgan fingerprint density at radius 2 is 1.95 bits per heavy atom. The maximum absolute atomic E-state index is 4.47. The maximum atomic E-state index is 4.47. The van der Waals surface area contributed by atoms with Gasteiger partial charge in [0.2, 0.25) is 0 Å². The molecule has 0 amide bonds. The lowest BCUT2D eigenvalue weighted by Gasteiger charge is -2.39. The summed E-state index contributed by atoms with van der Waals surface area (Å²) in [7, 11) is 0. The van der Waals surface area contributed by atoms with Gasteiger partial charge in [0, 0.05) is 57.5 Å². The Hall–Kier alpha value is -1.75. The number of nitrogens with one attached hydrogen (secondary N) is 2. The van der Waals surface area contributed by atoms with Crippen LogP contribution in [0, 0.1) is 0 Å². The Labute approximate surface area is 133 Å². The fraction of sp³-hybridized carbons (Fsp3) is 0.588. The lowest BCUT2D eigenvalue weighted by molar-refractivity contribution is 0.197. The smallest absolute Gasteiger partial charge is 0.191 e. The molecule has 2 N–H and O–H groups in total. The number of para-hydroxylation sites is 1. The van der Waals surface area contributed by atoms with Gasteiger partial charge in [-0.25, -0.2) is 0 Å². The molecular weight excluding hydrogens is 274 g/mol. The van der Waals surface area contributed by atoms with Crippen LogP contribution in [0.3, 0.4) is 0 Å². The molecule has 2 aliphatic heterocycles. The fourth-order valence-corrected chi connectivity index (χ4v) is 3.08. The largest absolute Gasteiger partial charge is 0.369 e. The third kappa shape index (κ3) is 3.91. The number of rotatable bonds is 4. The molecule has 3 rings (SSSR count). The Kier molecular flexibility index (Phi) is 5.16. The van der Waals surface area contributed by atoms with Crippen molar-refractivity contribution in [2.24, 2.45) is 4.99 Å². The minimum Gasteiger partial charge on any atom is -0.369 e. The Balaban J connectivity index is 1.43. The molecule has 1 atom stereocenters. The second-order valence-electron chi connectivity index (χ2n) is 6.10. The highest BCUT2D eigenvalue weighted by molar-refractivity contribution is 5.80. The SMILES string of the molecule is CC(CNC1=NCCCN1)N1CCN(c2ccccc2)CC1. The van der Waals surface area contributed by atoms with Crippen molar-refractivity contribution >= 4 is 11.6 Å². The van der Waals surface area contributed by atoms with Crippen molar-refractivity contribution in [2.75, 3.05) is 50.7 Å². The van der Waals surface area contributed by atoms with Crippen molar-refractivity contribution < 1.29 is 0 Å². The predicted molar refractivity (Wildman–Crippen MR) is 92.6 cm³/mol. The summed E-state index contributed by atoms with van der Waals surface area (Å²) in [5.74, 6) is 0.973. The minimum absolute atomic E-state index is 0.532. The molecule has 1 aromatic rings. The van der Waals surface area contributed by atoms with E-state index in [0.717, 1.165) is 58.2 Å². The van der Waals surface area contributed by atoms with Gasteiger partial charge in [0.1, 0.15) is 0 Å². The predicted octanol–water partition coefficient (Wildman–Crippen LogP) is 1.14. The van der Waals surface area contributed by atoms with Gasteiger partial charge in [0.15, 0.2) is 5.96 Å². The summed E-state index contributed by atoms with van der Waals surface area (Å²) in [4.78, 5) is 9.51. The number of hydrogen-bond acceptors (Lipinski definition) is 5. The minimum atomic E-state index is 0.532. The number of hydrogen-bond donors (Lipinski definition) is 2. The first-order valence-corrected chi connectivity index (χ1v) is 8.39. The monoisotopic (exact) mass is 301 g/mol. The van der Waals surface area contributed by atoms with Crippen LogP contribution in [0.25, 0.3) is 0 Å². The van der Waals surface area contributed by atoms with Crippen LogP contribution >= 0.6 is 0 Å². The van der Waals surface area contributed by atoms with Crippen molar-refractivity contribution in [3.63, 3.8) is 0 Å². The van der Waals surface area contributed by atoms with E-state index in [4.69, 9.17) is 0 Å². The number of nitrogens with zero attached hydrogens (tertiary/aromatic N) is 3. The van der Waals surface area contributed by atoms with Gasteiger partial charge in [-0.1, -0.05) is 18.2 Å². The average Bonchev–Trinajstić information content (AvgIpc) is 2.61. The third-order valence-corrected chi connectivity index (χ3v) is 4.52. The summed E-state index contributed by atoms with van der Waals surface area (Å²) in [5, 5.41) is 6.76. The highest BCUT2D eigenvalue weighted by Gasteiger charge is 2.21. The summed E-state index contributed by atoms with van der Waals surface area (Å²) in [6.07, 6.45) is 1.14. The standard InChI is InChI=1S/C17H27N5/c1-15(14-20-17-18-8-5-9-19-17)21-10-12-22(13-11-21)16-6-3-2-4-7-16/h2-4,6-7,15H,5,8-14H2,1H3,(H2,18,19,20). The molecule has 2 heterocycles. The molecule has 2 aliphatic rings. The van der Waals surface area contributed by atoms with Crippen LogP contribution in [0.5, 0.6) is 0 Å². The normalized spacial score (nSPS) is 21.0. The van der Waals surface area contributed by atoms with Crippen LogP contribution in [0.2, 0.25) is 0 Å². The van der Waals surface area contributed by atoms with Crippen molar-refractivity contribution in [1.82, 2.24) is 15.5 Å². The summed E-state index contributed by atoms with van der Waals surface area (Å²) in [5.41, 5.74) is 1.34. The Morgan fingerprint density at radius 3 is 2.64 bits per heavy atom. The molecule has 1 aromatic carbocycles. The molecule has 5 nitrogen and oxygen atoms in total. The highest BCUT2D eigenvalue weighted by Crippen LogP contribution is 2.16. The van der Waals surface area contributed by atoms with E-state index in [1.54, 1.807) is 0 Å². The van der Waals surface area contributed by atoms with Gasteiger partial charge in [0.05, 0.1) is 0 Å². The molecular formula is C17H27N5. The zero-order valence-electron chi connectivity index (χ0n) is 13.5. The first-order chi connectivity index (χ1) is 10.8. The quantitative estimate of drug-likeness (QED) is 0.875. The van der Waals surface area contributed by atoms with Crippen LogP contribution in [0.4, 0.5) is 5.69 Å². The summed E-state index contributed by atoms with van der Waals surface area (Å²) in [6.45, 7) is 9.69. The van der Waals surface area contributed by atoms with E-state index in [1.807, 2.05) is 0 Å². The van der Waals surface area contributed by atoms with E-state index in [2.05, 4.69) is 62.7 Å². The highest BCUT2D eigenvalue weighted by atomic mass is 15.3. The Bertz CT molecular complexity index is 479. The van der Waals surface area contributed by atoms with Crippen LogP contribution in [-0.4, -0.2) is 62.7 Å². The summed E-state index contributed by atoms with van der Waals surface area (Å²) in [6, 6.07) is 11.2. The summed E-state index contributed by atoms with van der Waals surface area (Å²) >= 11 is 0. The zero-order chi connectivity index (χ0) is 15.2. The van der Waals surface area contributed by atoms with Crippen molar-refractivity contribution in [1.29, 1.82) is 0 Å². The number of benzene rings is 1. The van der Waals surface area contributed by atoms with E-state index >= 15 is 0 Å². The van der Waals surface area contributed by atoms with Gasteiger partial charge in [0.25, 0.3) is 0 Å². The van der Waals surface area contributed by atoms with Crippen molar-refractivity contribution in [3.8, 4) is 0 Å². The van der Waals surface area contributed by atoms with Crippen molar-refractivity contribution in [2.45, 2.75) is 19.4 Å². The van der Waals surface area contributed by atoms with Gasteiger partial charge >= 0.3 is 0 Å². The van der Waals surface area contributed by atoms with E-state index in [1.165, 1.54) is 5.69 Å². The zero-order valence-corrected chi connectivity index (χ0v) is 13.5. The van der Waals surface area contributed by atoms with E-state index in [0.29, 0.717) is 6.04 Å². The lowest BCUT2D eigenvalue weighted by atomic mass is 10.2. The second kappa shape index (κ2) is 7.49. The molecule has 0 radical (unpaired) electrons. The first-order valence-electron chi connectivity index (χ1n) is 8.39. The fourth-order valence-electron chi connectivity index (χ4n) is 3.08. The van der Waals surface area contributed by atoms with Crippen molar-refractivity contribution in [3.05, 3.63) is 30.3 Å². The lowest BCUT2D eigenvalue weighted by Crippen LogP contribution is -2.53. The third-order valence-electron chi connectivity index (χ3n) is 4.52. The van der Waals surface area contributed by atoms with Crippen LogP contribution in [-0.2, 0) is 0 Å². The van der Waals surface area contributed by atoms with Gasteiger partial charge in [-0.2, -0.15) is 0 Å². The van der Waals surface area contributed by atoms with E-state index < -0.39 is 0 Å². The molecule has 1 saturated heterocycles. The van der Waals surface area contributed by atoms with Crippen LogP contribution in [0.1, 0.15) is 13.3 Å². The molecule has 22 heavy (non-hydrogen) atoms. The average molecular weight is 301 g/mol. The van der Waals surface area contributed by atoms with Gasteiger partial charge < -0.3 is 15.5 Å². The van der Waals surface area contributed by atoms with Gasteiger partial charge in [-0.3, -0.25) is 9.89 Å². The molecule has 1 unspecified atom stereocenters. The topological polar surface area (TPSA) is 42.9 Å². The summed E-state index contributed by atoms with van der Waals surface area (Å²) < 4.78 is 0. The number of anilines is 1. The molecule has 120 valence electrons. The second-order valence-corrected chi connectivity index (χ2v) is 6.10. The number of piperazine rings is 1. The van der Waals surface area contributed by atoms with Crippen LogP contribution in [0.15, 0.2) is 35.3 Å². The molecule has 1 fully saturated rings. The number of guanidine groups is 1. The molecule has 0 spiro atoms. The molecule has 0 aromatic heterocycles. The molecule has 0 saturated carbocycles. The molecule has 0 bridgehead atoms. The first kappa shape index (κ1) is 15.2. The van der Waals surface area contributed by atoms with Gasteiger partial charge in [-0.05, 0) is 25.5 Å². The van der Waals surface area contributed by atoms with E-state index in [9.17, 15) is 0 Å². The van der Waals surface area contributed by atoms with E-state index in [-0.39, 0.29) is 0 Å². The molecule has 0 aliphatic carbocycles. The van der Waals surface area contributed by atoms with Crippen LogP contribution < -0.4 is 15.5 Å². The maximum Gasteiger partial charge on any atom is 0.191 e. The number of aliphatic imine (C=N–C) groups is 1. The molecule has 5 heteroatoms. The Morgan fingerprint density at radius 1 is 1.18 bits per heavy atom.